The normalized spacial score (nSPS) is 49.6. The predicted molar refractivity (Wildman–Crippen MR) is 302 cm³/mol. The average Bonchev–Trinajstić information content (AvgIpc) is 1.08. The number of aliphatic hydroxyl groups is 18. The van der Waals surface area contributed by atoms with Crippen molar-refractivity contribution in [3.8, 4) is 11.1 Å². The van der Waals surface area contributed by atoms with Crippen molar-refractivity contribution in [3.63, 3.8) is 0 Å². The van der Waals surface area contributed by atoms with E-state index in [2.05, 4.69) is 0 Å². The Morgan fingerprint density at radius 2 is 0.516 bits per heavy atom. The van der Waals surface area contributed by atoms with E-state index >= 15 is 0 Å². The molecular weight excluding hydrogens is 1260 g/mol. The number of aliphatic hydroxyl groups excluding tert-OH is 18. The highest BCUT2D eigenvalue weighted by Gasteiger charge is 2.59. The van der Waals surface area contributed by atoms with Crippen LogP contribution < -0.4 is 0 Å². The summed E-state index contributed by atoms with van der Waals surface area (Å²) in [7, 11) is 0. The molecule has 0 aliphatic carbocycles. The third-order valence-electron chi connectivity index (χ3n) is 18.1. The molecule has 35 atom stereocenters. The third kappa shape index (κ3) is 14.4. The molecule has 0 aromatic heterocycles. The summed E-state index contributed by atoms with van der Waals surface area (Å²) in [5.74, 6) is -0.567. The first-order chi connectivity index (χ1) is 43.7. The van der Waals surface area contributed by atoms with Gasteiger partial charge in [-0.2, -0.15) is 23.5 Å². The second kappa shape index (κ2) is 30.3. The van der Waals surface area contributed by atoms with Crippen molar-refractivity contribution in [1.29, 1.82) is 0 Å². The number of rotatable bonds is 5. The predicted octanol–water partition coefficient (Wildman–Crippen LogP) is -8.09. The second-order valence-electron chi connectivity index (χ2n) is 24.1. The molecule has 18 N–H and O–H groups in total. The molecule has 91 heavy (non-hydrogen) atoms. The smallest absolute Gasteiger partial charge is 0.187 e. The maximum Gasteiger partial charge on any atom is 0.187 e. The van der Waals surface area contributed by atoms with Gasteiger partial charge in [0, 0.05) is 28.9 Å². The molecule has 35 unspecified atom stereocenters. The van der Waals surface area contributed by atoms with E-state index in [-0.39, 0.29) is 11.5 Å². The van der Waals surface area contributed by atoms with Crippen LogP contribution in [0.1, 0.15) is 18.1 Å². The molecule has 514 valence electrons. The number of hydrogen-bond donors (Lipinski definition) is 18. The fourth-order valence-corrected chi connectivity index (χ4v) is 14.8. The molecule has 0 saturated carbocycles. The van der Waals surface area contributed by atoms with Gasteiger partial charge in [0.05, 0.1) is 51.3 Å². The fourth-order valence-electron chi connectivity index (χ4n) is 12.8. The summed E-state index contributed by atoms with van der Waals surface area (Å²) in [5.41, 5.74) is 3.39. The highest BCUT2D eigenvalue weighted by molar-refractivity contribution is 7.98. The lowest BCUT2D eigenvalue weighted by atomic mass is 9.91. The SMILES string of the molecule is CC1C2OC3CSCc4ccc(cc4)-c4ccc(cc4)CSCC4OC(OC5C(CO)OC(OC6C(CO)OC(OC3C1O)C(O)C6O)C(O)C5O)C(O)C(O)C4OC1OC(CO)C(OC3OC(CO)C(OC4OC(CO)C(O2)C(O)C4O)C(O)C3O)C(O)C1O. The monoisotopic (exact) mass is 1340 g/mol. The molecule has 0 spiro atoms. The molecule has 34 heteroatoms. The van der Waals surface area contributed by atoms with E-state index in [0.29, 0.717) is 11.5 Å². The lowest BCUT2D eigenvalue weighted by molar-refractivity contribution is -0.394. The second-order valence-corrected chi connectivity index (χ2v) is 26.1. The van der Waals surface area contributed by atoms with Crippen molar-refractivity contribution in [2.24, 2.45) is 5.92 Å². The fraction of sp³-hybridized carbons (Fsp3) is 0.789. The van der Waals surface area contributed by atoms with Crippen molar-refractivity contribution in [1.82, 2.24) is 0 Å². The summed E-state index contributed by atoms with van der Waals surface area (Å²) >= 11 is 2.58. The Kier molecular flexibility index (Phi) is 23.4. The van der Waals surface area contributed by atoms with Gasteiger partial charge in [0.15, 0.2) is 44.0 Å². The molecule has 28 heterocycles. The molecule has 2 aromatic rings. The quantitative estimate of drug-likeness (QED) is 0.132. The first-order valence-corrected chi connectivity index (χ1v) is 32.4. The van der Waals surface area contributed by atoms with Crippen LogP contribution in [-0.4, -0.2) is 345 Å². The van der Waals surface area contributed by atoms with Gasteiger partial charge in [-0.05, 0) is 22.3 Å². The average molecular weight is 1340 g/mol. The van der Waals surface area contributed by atoms with Crippen molar-refractivity contribution < 1.29 is 158 Å². The van der Waals surface area contributed by atoms with Crippen LogP contribution in [0, 0.1) is 5.92 Å². The Balaban J connectivity index is 0.968. The topological polar surface area (TPSA) is 493 Å². The van der Waals surface area contributed by atoms with Gasteiger partial charge >= 0.3 is 0 Å². The zero-order chi connectivity index (χ0) is 64.9. The molecule has 2 aromatic carbocycles. The van der Waals surface area contributed by atoms with E-state index in [9.17, 15) is 91.9 Å². The highest BCUT2D eigenvalue weighted by atomic mass is 32.2. The lowest BCUT2D eigenvalue weighted by Crippen LogP contribution is -2.68. The van der Waals surface area contributed by atoms with E-state index in [1.807, 2.05) is 48.5 Å². The van der Waals surface area contributed by atoms with E-state index in [0.717, 1.165) is 22.3 Å². The molecule has 32 nitrogen and oxygen atoms in total. The van der Waals surface area contributed by atoms with E-state index < -0.39 is 248 Å². The largest absolute Gasteiger partial charge is 0.394 e. The Morgan fingerprint density at radius 1 is 0.286 bits per heavy atom. The Labute approximate surface area is 528 Å². The van der Waals surface area contributed by atoms with Gasteiger partial charge in [0.2, 0.25) is 0 Å². The minimum Gasteiger partial charge on any atom is -0.394 e. The minimum absolute atomic E-state index is 0.00756. The van der Waals surface area contributed by atoms with Gasteiger partial charge in [-0.1, -0.05) is 55.5 Å². The van der Waals surface area contributed by atoms with Crippen LogP contribution >= 0.6 is 23.5 Å². The van der Waals surface area contributed by atoms with Crippen molar-refractivity contribution in [2.75, 3.05) is 44.5 Å². The first kappa shape index (κ1) is 70.2. The Bertz CT molecular complexity index is 2600. The van der Waals surface area contributed by atoms with Crippen molar-refractivity contribution >= 4 is 23.5 Å². The van der Waals surface area contributed by atoms with Gasteiger partial charge in [-0.15, -0.1) is 0 Å². The maximum atomic E-state index is 12.2. The van der Waals surface area contributed by atoms with Crippen LogP contribution in [0.2, 0.25) is 0 Å². The molecule has 30 rings (SSSR count). The molecule has 28 aliphatic rings. The number of benzene rings is 2. The summed E-state index contributed by atoms with van der Waals surface area (Å²) in [6, 6.07) is 15.2. The molecule has 15 saturated heterocycles. The van der Waals surface area contributed by atoms with Gasteiger partial charge in [0.25, 0.3) is 0 Å². The van der Waals surface area contributed by atoms with E-state index in [1.54, 1.807) is 0 Å². The summed E-state index contributed by atoms with van der Waals surface area (Å²) in [6.07, 6.45) is -62.9. The molecule has 15 fully saturated rings. The van der Waals surface area contributed by atoms with Gasteiger partial charge in [-0.25, -0.2) is 0 Å². The summed E-state index contributed by atoms with van der Waals surface area (Å²) in [4.78, 5) is 0. The zero-order valence-electron chi connectivity index (χ0n) is 48.8. The Hall–Kier alpha value is -2.14. The van der Waals surface area contributed by atoms with Gasteiger partial charge in [0.1, 0.15) is 146 Å². The van der Waals surface area contributed by atoms with Gasteiger partial charge in [-0.3, -0.25) is 0 Å². The van der Waals surface area contributed by atoms with Crippen molar-refractivity contribution in [3.05, 3.63) is 59.7 Å². The van der Waals surface area contributed by atoms with Crippen LogP contribution in [-0.2, 0) is 77.8 Å². The first-order valence-electron chi connectivity index (χ1n) is 30.1. The van der Waals surface area contributed by atoms with Gasteiger partial charge < -0.3 is 158 Å². The number of ether oxygens (including phenoxy) is 14. The van der Waals surface area contributed by atoms with Crippen LogP contribution in [0.5, 0.6) is 0 Å². The third-order valence-corrected chi connectivity index (χ3v) is 20.3. The highest BCUT2D eigenvalue weighted by Crippen LogP contribution is 2.41. The lowest BCUT2D eigenvalue weighted by Gasteiger charge is -2.50. The summed E-state index contributed by atoms with van der Waals surface area (Å²) in [6.45, 7) is -3.37. The van der Waals surface area contributed by atoms with E-state index in [1.165, 1.54) is 30.4 Å². The van der Waals surface area contributed by atoms with Crippen LogP contribution in [0.3, 0.4) is 0 Å². The number of hydrogen-bond acceptors (Lipinski definition) is 34. The van der Waals surface area contributed by atoms with Crippen molar-refractivity contribution in [2.45, 2.75) is 227 Å². The molecule has 0 radical (unpaired) electrons. The molecule has 20 bridgehead atoms. The minimum atomic E-state index is -2.16. The molecule has 28 aliphatic heterocycles. The van der Waals surface area contributed by atoms with Crippen LogP contribution in [0.4, 0.5) is 0 Å². The summed E-state index contributed by atoms with van der Waals surface area (Å²) < 4.78 is 85.0. The summed E-state index contributed by atoms with van der Waals surface area (Å²) in [5, 5.41) is 206. The standard InChI is InChI=1S/C57H82O32S2/c1-19-31(63)49-29-17-90-15-20-2-6-22(7-3-20)23-8-4-21(5-9-23)16-91-18-30-50(37(69)43(75)57(82-30)87-48-28(14-62)78-54(40(72)34(48)66)85-46-26(12-60)79-55(88-49)41(73)35(46)67)89-56-42(74)36(68)47(27(13-61)80-56)86-53-39(71)33(65)45(25(11-59)77-53)84-52-38(70)32(64)44(24(10-58)76-52)83-51(19)81-29/h2-9,19,24-75H,10-18H2,1H3. The Morgan fingerprint density at radius 3 is 0.802 bits per heavy atom. The number of thioether (sulfide) groups is 2. The zero-order valence-corrected chi connectivity index (χ0v) is 50.4. The van der Waals surface area contributed by atoms with Crippen LogP contribution in [0.15, 0.2) is 48.5 Å². The molecular formula is C57H82O32S2. The molecule has 0 amide bonds. The van der Waals surface area contributed by atoms with Crippen LogP contribution in [0.25, 0.3) is 11.1 Å². The van der Waals surface area contributed by atoms with E-state index in [4.69, 9.17) is 66.3 Å². The maximum absolute atomic E-state index is 12.2.